The van der Waals surface area contributed by atoms with Gasteiger partial charge in [0.15, 0.2) is 0 Å². The van der Waals surface area contributed by atoms with Crippen LogP contribution in [0.15, 0.2) is 21.3 Å². The van der Waals surface area contributed by atoms with Gasteiger partial charge in [0.25, 0.3) is 5.91 Å². The highest BCUT2D eigenvalue weighted by molar-refractivity contribution is 5.95. The van der Waals surface area contributed by atoms with Crippen molar-refractivity contribution >= 4 is 5.91 Å². The molecule has 0 aromatic carbocycles. The zero-order valence-corrected chi connectivity index (χ0v) is 16.8. The van der Waals surface area contributed by atoms with Gasteiger partial charge in [0.1, 0.15) is 11.3 Å². The number of hydrogen-bond acceptors (Lipinski definition) is 5. The molecule has 2 saturated heterocycles. The zero-order chi connectivity index (χ0) is 19.8. The van der Waals surface area contributed by atoms with Crippen molar-refractivity contribution in [3.8, 4) is 0 Å². The molecule has 0 aliphatic carbocycles. The highest BCUT2D eigenvalue weighted by atomic mass is 16.4. The Morgan fingerprint density at radius 1 is 1.18 bits per heavy atom. The van der Waals surface area contributed by atoms with Gasteiger partial charge >= 0.3 is 5.63 Å². The fourth-order valence-corrected chi connectivity index (χ4v) is 4.50. The number of aryl methyl sites for hydroxylation is 3. The number of amides is 1. The number of aromatic nitrogens is 2. The van der Waals surface area contributed by atoms with Crippen LogP contribution in [0.2, 0.25) is 0 Å². The Balaban J connectivity index is 1.53. The van der Waals surface area contributed by atoms with Crippen molar-refractivity contribution < 1.29 is 9.21 Å². The lowest BCUT2D eigenvalue weighted by Crippen LogP contribution is -2.34. The monoisotopic (exact) mass is 384 g/mol. The van der Waals surface area contributed by atoms with Gasteiger partial charge in [-0.25, -0.2) is 4.79 Å². The minimum Gasteiger partial charge on any atom is -0.427 e. The van der Waals surface area contributed by atoms with E-state index in [1.54, 1.807) is 4.90 Å². The van der Waals surface area contributed by atoms with Crippen molar-refractivity contribution in [2.75, 3.05) is 26.2 Å². The van der Waals surface area contributed by atoms with Crippen molar-refractivity contribution in [3.05, 3.63) is 50.8 Å². The van der Waals surface area contributed by atoms with Crippen LogP contribution in [-0.4, -0.2) is 46.8 Å². The van der Waals surface area contributed by atoms with Crippen LogP contribution in [0.1, 0.15) is 64.3 Å². The predicted octanol–water partition coefficient (Wildman–Crippen LogP) is 2.32. The van der Waals surface area contributed by atoms with Gasteiger partial charge in [0.2, 0.25) is 0 Å². The molecule has 2 aliphatic heterocycles. The SMILES string of the molecule is Cc1cc(C)n(C2CCN(C(=O)c3c(C)cc(C4CCNCC4)oc3=O)C2)n1. The first-order valence-electron chi connectivity index (χ1n) is 10.1. The molecule has 1 unspecified atom stereocenters. The van der Waals surface area contributed by atoms with E-state index >= 15 is 0 Å². The fourth-order valence-electron chi connectivity index (χ4n) is 4.50. The molecule has 0 saturated carbocycles. The number of hydrogen-bond donors (Lipinski definition) is 1. The second-order valence-corrected chi connectivity index (χ2v) is 8.08. The first kappa shape index (κ1) is 18.9. The van der Waals surface area contributed by atoms with E-state index in [1.165, 1.54) is 0 Å². The molecule has 150 valence electrons. The third-order valence-electron chi connectivity index (χ3n) is 5.96. The normalized spacial score (nSPS) is 20.7. The summed E-state index contributed by atoms with van der Waals surface area (Å²) in [6.07, 6.45) is 2.74. The van der Waals surface area contributed by atoms with Crippen molar-refractivity contribution in [2.24, 2.45) is 0 Å². The summed E-state index contributed by atoms with van der Waals surface area (Å²) in [6.45, 7) is 8.88. The van der Waals surface area contributed by atoms with E-state index in [0.29, 0.717) is 24.4 Å². The van der Waals surface area contributed by atoms with Gasteiger partial charge in [-0.15, -0.1) is 0 Å². The molecule has 0 bridgehead atoms. The van der Waals surface area contributed by atoms with E-state index in [-0.39, 0.29) is 23.4 Å². The average Bonchev–Trinajstić information content (AvgIpc) is 3.28. The number of rotatable bonds is 3. The fraction of sp³-hybridized carbons (Fsp3) is 0.571. The van der Waals surface area contributed by atoms with Crippen molar-refractivity contribution in [1.29, 1.82) is 0 Å². The topological polar surface area (TPSA) is 80.4 Å². The van der Waals surface area contributed by atoms with E-state index in [0.717, 1.165) is 43.7 Å². The van der Waals surface area contributed by atoms with Gasteiger partial charge < -0.3 is 14.6 Å². The van der Waals surface area contributed by atoms with E-state index in [2.05, 4.69) is 10.4 Å². The summed E-state index contributed by atoms with van der Waals surface area (Å²) in [4.78, 5) is 27.5. The van der Waals surface area contributed by atoms with Crippen molar-refractivity contribution in [1.82, 2.24) is 20.0 Å². The van der Waals surface area contributed by atoms with Crippen LogP contribution >= 0.6 is 0 Å². The Morgan fingerprint density at radius 2 is 1.93 bits per heavy atom. The lowest BCUT2D eigenvalue weighted by molar-refractivity contribution is 0.0781. The van der Waals surface area contributed by atoms with Gasteiger partial charge in [0.05, 0.1) is 11.7 Å². The lowest BCUT2D eigenvalue weighted by atomic mass is 9.94. The smallest absolute Gasteiger partial charge is 0.349 e. The van der Waals surface area contributed by atoms with Crippen LogP contribution in [0.4, 0.5) is 0 Å². The number of nitrogens with zero attached hydrogens (tertiary/aromatic N) is 3. The standard InChI is InChI=1S/C21H28N4O3/c1-13-10-18(16-4-7-22-8-5-16)28-21(27)19(13)20(26)24-9-6-17(12-24)25-15(3)11-14(2)23-25/h10-11,16-17,22H,4-9,12H2,1-3H3. The summed E-state index contributed by atoms with van der Waals surface area (Å²) in [6, 6.07) is 4.08. The van der Waals surface area contributed by atoms with Gasteiger partial charge in [-0.1, -0.05) is 0 Å². The van der Waals surface area contributed by atoms with Crippen LogP contribution in [0.3, 0.4) is 0 Å². The molecule has 7 heteroatoms. The highest BCUT2D eigenvalue weighted by Gasteiger charge is 2.32. The average molecular weight is 384 g/mol. The maximum absolute atomic E-state index is 13.1. The summed E-state index contributed by atoms with van der Waals surface area (Å²) in [5.41, 5.74) is 2.45. The van der Waals surface area contributed by atoms with Crippen LogP contribution in [0.5, 0.6) is 0 Å². The number of piperidine rings is 1. The second kappa shape index (κ2) is 7.54. The predicted molar refractivity (Wildman–Crippen MR) is 106 cm³/mol. The molecule has 4 heterocycles. The Bertz CT molecular complexity index is 940. The molecule has 0 radical (unpaired) electrons. The van der Waals surface area contributed by atoms with E-state index in [4.69, 9.17) is 4.42 Å². The molecule has 1 amide bonds. The first-order valence-corrected chi connectivity index (χ1v) is 10.1. The van der Waals surface area contributed by atoms with Crippen LogP contribution in [0.25, 0.3) is 0 Å². The third-order valence-corrected chi connectivity index (χ3v) is 5.96. The van der Waals surface area contributed by atoms with Crippen molar-refractivity contribution in [2.45, 2.75) is 52.0 Å². The third kappa shape index (κ3) is 3.51. The quantitative estimate of drug-likeness (QED) is 0.878. The Kier molecular flexibility index (Phi) is 5.10. The molecule has 4 rings (SSSR count). The number of carbonyl (C=O) groups excluding carboxylic acids is 1. The first-order chi connectivity index (χ1) is 13.4. The Morgan fingerprint density at radius 3 is 2.57 bits per heavy atom. The van der Waals surface area contributed by atoms with Crippen molar-refractivity contribution in [3.63, 3.8) is 0 Å². The molecule has 2 aromatic heterocycles. The summed E-state index contributed by atoms with van der Waals surface area (Å²) in [7, 11) is 0. The number of carbonyl (C=O) groups is 1. The summed E-state index contributed by atoms with van der Waals surface area (Å²) >= 11 is 0. The maximum Gasteiger partial charge on any atom is 0.349 e. The van der Waals surface area contributed by atoms with Gasteiger partial charge in [-0.05, 0) is 70.8 Å². The number of likely N-dealkylation sites (tertiary alicyclic amines) is 1. The van der Waals surface area contributed by atoms with E-state index < -0.39 is 5.63 Å². The van der Waals surface area contributed by atoms with Gasteiger partial charge in [-0.3, -0.25) is 9.48 Å². The van der Waals surface area contributed by atoms with E-state index in [9.17, 15) is 9.59 Å². The minimum absolute atomic E-state index is 0.152. The summed E-state index contributed by atoms with van der Waals surface area (Å²) in [5.74, 6) is 0.730. The molecule has 2 fully saturated rings. The largest absolute Gasteiger partial charge is 0.427 e. The zero-order valence-electron chi connectivity index (χ0n) is 16.8. The minimum atomic E-state index is -0.506. The molecular formula is C21H28N4O3. The second-order valence-electron chi connectivity index (χ2n) is 8.08. The molecular weight excluding hydrogens is 356 g/mol. The van der Waals surface area contributed by atoms with Crippen LogP contribution < -0.4 is 10.9 Å². The van der Waals surface area contributed by atoms with E-state index in [1.807, 2.05) is 37.6 Å². The Hall–Kier alpha value is -2.41. The maximum atomic E-state index is 13.1. The molecule has 1 atom stereocenters. The molecule has 28 heavy (non-hydrogen) atoms. The molecule has 1 N–H and O–H groups in total. The molecule has 0 spiro atoms. The van der Waals surface area contributed by atoms with Crippen LogP contribution in [-0.2, 0) is 0 Å². The van der Waals surface area contributed by atoms with Gasteiger partial charge in [0, 0.05) is 24.7 Å². The molecule has 2 aromatic rings. The summed E-state index contributed by atoms with van der Waals surface area (Å²) < 4.78 is 7.59. The highest BCUT2D eigenvalue weighted by Crippen LogP contribution is 2.27. The molecule has 7 nitrogen and oxygen atoms in total. The lowest BCUT2D eigenvalue weighted by Gasteiger charge is -2.22. The van der Waals surface area contributed by atoms with Gasteiger partial charge in [-0.2, -0.15) is 5.10 Å². The molecule has 2 aliphatic rings. The Labute approximate surface area is 164 Å². The number of nitrogens with one attached hydrogen (secondary N) is 1. The summed E-state index contributed by atoms with van der Waals surface area (Å²) in [5, 5.41) is 7.87. The van der Waals surface area contributed by atoms with Crippen LogP contribution in [0, 0.1) is 20.8 Å².